The number of nitrogens with zero attached hydrogens (tertiary/aromatic N) is 5. The Bertz CT molecular complexity index is 949. The Morgan fingerprint density at radius 1 is 1.11 bits per heavy atom. The van der Waals surface area contributed by atoms with Crippen LogP contribution in [0.3, 0.4) is 0 Å². The smallest absolute Gasteiger partial charge is 0.263 e. The first kappa shape index (κ1) is 17.9. The summed E-state index contributed by atoms with van der Waals surface area (Å²) in [5.74, 6) is -0.0647. The molecule has 0 radical (unpaired) electrons. The minimum absolute atomic E-state index is 0.0986. The van der Waals surface area contributed by atoms with Crippen molar-refractivity contribution < 1.29 is 9.59 Å². The molecule has 0 saturated heterocycles. The molecular weight excluding hydrogens is 346 g/mol. The summed E-state index contributed by atoms with van der Waals surface area (Å²) in [5, 5.41) is 18.5. The molecule has 0 atom stereocenters. The molecule has 0 saturated carbocycles. The van der Waals surface area contributed by atoms with Gasteiger partial charge in [-0.3, -0.25) is 9.59 Å². The molecule has 1 heterocycles. The van der Waals surface area contributed by atoms with Gasteiger partial charge >= 0.3 is 0 Å². The first-order chi connectivity index (χ1) is 13.1. The van der Waals surface area contributed by atoms with E-state index in [1.165, 1.54) is 17.9 Å². The van der Waals surface area contributed by atoms with Crippen molar-refractivity contribution in [2.75, 3.05) is 5.32 Å². The van der Waals surface area contributed by atoms with Crippen LogP contribution < -0.4 is 10.7 Å². The summed E-state index contributed by atoms with van der Waals surface area (Å²) in [4.78, 5) is 24.1. The van der Waals surface area contributed by atoms with Gasteiger partial charge in [-0.25, -0.2) is 5.43 Å². The third-order valence-corrected chi connectivity index (χ3v) is 3.40. The summed E-state index contributed by atoms with van der Waals surface area (Å²) in [6, 6.07) is 16.4. The van der Waals surface area contributed by atoms with Crippen LogP contribution in [0.25, 0.3) is 11.4 Å². The molecule has 3 rings (SSSR count). The zero-order chi connectivity index (χ0) is 19.1. The number of anilines is 1. The Morgan fingerprint density at radius 3 is 2.56 bits per heavy atom. The van der Waals surface area contributed by atoms with E-state index < -0.39 is 0 Å². The number of hydrogen-bond donors (Lipinski definition) is 2. The summed E-state index contributed by atoms with van der Waals surface area (Å²) in [6.45, 7) is 1.34. The molecule has 9 nitrogen and oxygen atoms in total. The fourth-order valence-corrected chi connectivity index (χ4v) is 2.21. The number of carbonyl (C=O) groups excluding carboxylic acids is 2. The monoisotopic (exact) mass is 363 g/mol. The van der Waals surface area contributed by atoms with Gasteiger partial charge in [-0.15, -0.1) is 10.2 Å². The largest absolute Gasteiger partial charge is 0.326 e. The third kappa shape index (κ3) is 5.30. The Labute approximate surface area is 155 Å². The number of tetrazole rings is 1. The number of hydrazone groups is 1. The van der Waals surface area contributed by atoms with E-state index in [-0.39, 0.29) is 18.4 Å². The van der Waals surface area contributed by atoms with Crippen LogP contribution in [0.4, 0.5) is 5.69 Å². The van der Waals surface area contributed by atoms with Crippen molar-refractivity contribution in [3.8, 4) is 11.4 Å². The van der Waals surface area contributed by atoms with Gasteiger partial charge in [0.1, 0.15) is 6.54 Å². The predicted octanol–water partition coefficient (Wildman–Crippen LogP) is 1.45. The molecule has 9 heteroatoms. The van der Waals surface area contributed by atoms with Crippen LogP contribution in [-0.4, -0.2) is 38.2 Å². The normalized spacial score (nSPS) is 10.7. The number of nitrogens with one attached hydrogen (secondary N) is 2. The molecule has 3 aromatic rings. The van der Waals surface area contributed by atoms with Gasteiger partial charge in [0.15, 0.2) is 0 Å². The lowest BCUT2D eigenvalue weighted by molar-refractivity contribution is -0.122. The lowest BCUT2D eigenvalue weighted by atomic mass is 10.2. The average Bonchev–Trinajstić information content (AvgIpc) is 3.12. The Kier molecular flexibility index (Phi) is 5.63. The molecule has 0 aliphatic carbocycles. The van der Waals surface area contributed by atoms with Crippen molar-refractivity contribution in [1.82, 2.24) is 25.6 Å². The molecule has 2 amide bonds. The van der Waals surface area contributed by atoms with E-state index in [1.807, 2.05) is 30.3 Å². The fraction of sp³-hybridized carbons (Fsp3) is 0.111. The Balaban J connectivity index is 1.52. The van der Waals surface area contributed by atoms with Crippen LogP contribution in [0.5, 0.6) is 0 Å². The maximum absolute atomic E-state index is 11.9. The maximum Gasteiger partial charge on any atom is 0.263 e. The first-order valence-electron chi connectivity index (χ1n) is 8.13. The molecule has 0 spiro atoms. The van der Waals surface area contributed by atoms with Gasteiger partial charge in [-0.2, -0.15) is 9.90 Å². The summed E-state index contributed by atoms with van der Waals surface area (Å²) >= 11 is 0. The van der Waals surface area contributed by atoms with Gasteiger partial charge < -0.3 is 5.32 Å². The third-order valence-electron chi connectivity index (χ3n) is 3.40. The number of aromatic nitrogens is 4. The first-order valence-corrected chi connectivity index (χ1v) is 8.13. The number of carbonyl (C=O) groups is 2. The van der Waals surface area contributed by atoms with E-state index >= 15 is 0 Å². The van der Waals surface area contributed by atoms with Crippen LogP contribution in [0.2, 0.25) is 0 Å². The molecule has 0 fully saturated rings. The van der Waals surface area contributed by atoms with E-state index in [2.05, 4.69) is 31.3 Å². The standard InChI is InChI=1S/C18H17N7O2/c1-13(26)20-16-9-7-14(8-10-16)11-19-21-17(27)12-25-23-18(22-24-25)15-5-3-2-4-6-15/h2-11H,12H2,1H3,(H,20,26)(H,21,27)/b19-11+. The van der Waals surface area contributed by atoms with Gasteiger partial charge in [0.25, 0.3) is 5.91 Å². The lowest BCUT2D eigenvalue weighted by Crippen LogP contribution is -2.24. The quantitative estimate of drug-likeness (QED) is 0.508. The zero-order valence-corrected chi connectivity index (χ0v) is 14.5. The van der Waals surface area contributed by atoms with E-state index in [1.54, 1.807) is 24.3 Å². The van der Waals surface area contributed by atoms with Gasteiger partial charge in [-0.05, 0) is 22.9 Å². The Hall–Kier alpha value is -3.88. The van der Waals surface area contributed by atoms with E-state index in [4.69, 9.17) is 0 Å². The molecule has 2 aromatic carbocycles. The van der Waals surface area contributed by atoms with Gasteiger partial charge in [0.05, 0.1) is 6.21 Å². The zero-order valence-electron chi connectivity index (χ0n) is 14.5. The summed E-state index contributed by atoms with van der Waals surface area (Å²) in [6.07, 6.45) is 1.50. The molecule has 0 bridgehead atoms. The maximum atomic E-state index is 11.9. The van der Waals surface area contributed by atoms with Crippen LogP contribution in [0, 0.1) is 0 Å². The minimum Gasteiger partial charge on any atom is -0.326 e. The number of rotatable bonds is 6. The number of hydrogen-bond acceptors (Lipinski definition) is 6. The minimum atomic E-state index is -0.377. The van der Waals surface area contributed by atoms with Crippen LogP contribution >= 0.6 is 0 Å². The highest BCUT2D eigenvalue weighted by molar-refractivity contribution is 5.89. The van der Waals surface area contributed by atoms with Crippen molar-refractivity contribution in [2.45, 2.75) is 13.5 Å². The van der Waals surface area contributed by atoms with Crippen molar-refractivity contribution in [3.63, 3.8) is 0 Å². The van der Waals surface area contributed by atoms with Crippen molar-refractivity contribution in [2.24, 2.45) is 5.10 Å². The van der Waals surface area contributed by atoms with E-state index in [0.717, 1.165) is 11.1 Å². The number of amides is 2. The number of benzene rings is 2. The van der Waals surface area contributed by atoms with Crippen molar-refractivity contribution >= 4 is 23.7 Å². The Morgan fingerprint density at radius 2 is 1.85 bits per heavy atom. The molecule has 2 N–H and O–H groups in total. The molecule has 0 aliphatic heterocycles. The van der Waals surface area contributed by atoms with Gasteiger partial charge in [-0.1, -0.05) is 42.5 Å². The van der Waals surface area contributed by atoms with Crippen LogP contribution in [0.15, 0.2) is 59.7 Å². The van der Waals surface area contributed by atoms with Gasteiger partial charge in [0, 0.05) is 18.2 Å². The fourth-order valence-electron chi connectivity index (χ4n) is 2.21. The van der Waals surface area contributed by atoms with Gasteiger partial charge in [0.2, 0.25) is 11.7 Å². The summed E-state index contributed by atoms with van der Waals surface area (Å²) in [5.41, 5.74) is 4.69. The van der Waals surface area contributed by atoms with Crippen molar-refractivity contribution in [3.05, 3.63) is 60.2 Å². The summed E-state index contributed by atoms with van der Waals surface area (Å²) < 4.78 is 0. The SMILES string of the molecule is CC(=O)Nc1ccc(/C=N/NC(=O)Cn2nnc(-c3ccccc3)n2)cc1. The second-order valence-electron chi connectivity index (χ2n) is 5.61. The molecular formula is C18H17N7O2. The molecule has 1 aromatic heterocycles. The second-order valence-corrected chi connectivity index (χ2v) is 5.61. The summed E-state index contributed by atoms with van der Waals surface area (Å²) in [7, 11) is 0. The molecule has 0 unspecified atom stereocenters. The van der Waals surface area contributed by atoms with Crippen LogP contribution in [-0.2, 0) is 16.1 Å². The molecule has 136 valence electrons. The highest BCUT2D eigenvalue weighted by atomic mass is 16.2. The van der Waals surface area contributed by atoms with E-state index in [0.29, 0.717) is 11.5 Å². The average molecular weight is 363 g/mol. The van der Waals surface area contributed by atoms with Crippen LogP contribution in [0.1, 0.15) is 12.5 Å². The predicted molar refractivity (Wildman–Crippen MR) is 99.7 cm³/mol. The van der Waals surface area contributed by atoms with E-state index in [9.17, 15) is 9.59 Å². The second kappa shape index (κ2) is 8.48. The van der Waals surface area contributed by atoms with Crippen molar-refractivity contribution in [1.29, 1.82) is 0 Å². The molecule has 0 aliphatic rings. The topological polar surface area (TPSA) is 114 Å². The molecule has 27 heavy (non-hydrogen) atoms. The highest BCUT2D eigenvalue weighted by Gasteiger charge is 2.08. The highest BCUT2D eigenvalue weighted by Crippen LogP contribution is 2.11. The lowest BCUT2D eigenvalue weighted by Gasteiger charge is -2.01.